The fourth-order valence-corrected chi connectivity index (χ4v) is 2.02. The van der Waals surface area contributed by atoms with Crippen LogP contribution < -0.4 is 56.3 Å². The molecule has 0 spiro atoms. The molecule has 0 aliphatic carbocycles. The Morgan fingerprint density at radius 2 is 1.42 bits per heavy atom. The molecule has 0 saturated heterocycles. The van der Waals surface area contributed by atoms with Crippen molar-refractivity contribution in [3.05, 3.63) is 27.9 Å². The van der Waals surface area contributed by atoms with E-state index in [-0.39, 0.29) is 28.8 Å². The molecule has 1 aromatic carbocycles. The van der Waals surface area contributed by atoms with Crippen LogP contribution in [0.25, 0.3) is 17.0 Å². The number of anilines is 2. The summed E-state index contributed by atoms with van der Waals surface area (Å²) in [7, 11) is 2.37. The first-order chi connectivity index (χ1) is 8.68. The lowest BCUT2D eigenvalue weighted by atomic mass is 10.0. The molecular weight excluding hydrogens is 263 g/mol. The Bertz CT molecular complexity index is 664. The third-order valence-corrected chi connectivity index (χ3v) is 3.20. The smallest absolute Gasteiger partial charge is 0.105 e. The average molecular weight is 282 g/mol. The van der Waals surface area contributed by atoms with Gasteiger partial charge in [-0.2, -0.15) is 0 Å². The monoisotopic (exact) mass is 282 g/mol. The molecule has 0 saturated carbocycles. The van der Waals surface area contributed by atoms with E-state index in [4.69, 9.17) is 45.9 Å². The second-order valence-electron chi connectivity index (χ2n) is 3.96. The van der Waals surface area contributed by atoms with Crippen LogP contribution in [0.3, 0.4) is 0 Å². The first-order valence-corrected chi connectivity index (χ1v) is 5.75. The van der Waals surface area contributed by atoms with Gasteiger partial charge in [0, 0.05) is 21.8 Å². The molecule has 0 aliphatic rings. The lowest BCUT2D eigenvalue weighted by Crippen LogP contribution is -2.33. The molecule has 1 atom stereocenters. The fraction of sp³-hybridized carbons (Fsp3) is 0. The van der Waals surface area contributed by atoms with Gasteiger partial charge in [-0.15, -0.1) is 9.24 Å². The minimum atomic E-state index is -0.0215. The van der Waals surface area contributed by atoms with Crippen LogP contribution in [0.4, 0.5) is 11.4 Å². The van der Waals surface area contributed by atoms with E-state index in [1.807, 2.05) is 0 Å². The molecule has 1 aromatic rings. The highest BCUT2D eigenvalue weighted by atomic mass is 31.0. The topological polar surface area (TPSA) is 208 Å². The summed E-state index contributed by atoms with van der Waals surface area (Å²) in [5.41, 5.74) is 46.2. The van der Waals surface area contributed by atoms with E-state index in [2.05, 4.69) is 9.24 Å². The zero-order valence-electron chi connectivity index (χ0n) is 10.3. The fourth-order valence-electron chi connectivity index (χ4n) is 1.71. The summed E-state index contributed by atoms with van der Waals surface area (Å²) in [6.45, 7) is 0. The van der Waals surface area contributed by atoms with Gasteiger partial charge in [-0.25, -0.2) is 0 Å². The van der Waals surface area contributed by atoms with Crippen molar-refractivity contribution in [3.8, 4) is 0 Å². The van der Waals surface area contributed by atoms with Crippen molar-refractivity contribution in [1.29, 1.82) is 0 Å². The van der Waals surface area contributed by atoms with Crippen LogP contribution >= 0.6 is 9.24 Å². The second kappa shape index (κ2) is 5.03. The SMILES string of the molecule is NC(N)=C(P)c1c(N)c(=C(N)N)c(N)cc1=C(N)N. The summed E-state index contributed by atoms with van der Waals surface area (Å²) in [6.07, 6.45) is 0. The third kappa shape index (κ3) is 2.53. The van der Waals surface area contributed by atoms with Crippen LogP contribution in [0.2, 0.25) is 0 Å². The van der Waals surface area contributed by atoms with Crippen LogP contribution in [0.1, 0.15) is 5.56 Å². The van der Waals surface area contributed by atoms with Crippen molar-refractivity contribution in [2.24, 2.45) is 34.4 Å². The number of hydrogen-bond acceptors (Lipinski definition) is 8. The molecule has 8 nitrogen and oxygen atoms in total. The molecule has 1 rings (SSSR count). The summed E-state index contributed by atoms with van der Waals surface area (Å²) in [6, 6.07) is 1.52. The molecule has 0 amide bonds. The number of nitrogens with two attached hydrogens (primary N) is 8. The van der Waals surface area contributed by atoms with Gasteiger partial charge in [0.1, 0.15) is 17.5 Å². The largest absolute Gasteiger partial charge is 0.398 e. The van der Waals surface area contributed by atoms with E-state index in [1.54, 1.807) is 0 Å². The van der Waals surface area contributed by atoms with Crippen molar-refractivity contribution in [2.75, 3.05) is 11.5 Å². The van der Waals surface area contributed by atoms with E-state index >= 15 is 0 Å². The van der Waals surface area contributed by atoms with Crippen LogP contribution in [0, 0.1) is 0 Å². The molecule has 0 aliphatic heterocycles. The maximum Gasteiger partial charge on any atom is 0.105 e. The van der Waals surface area contributed by atoms with Gasteiger partial charge in [0.2, 0.25) is 0 Å². The maximum atomic E-state index is 6.02. The van der Waals surface area contributed by atoms with Gasteiger partial charge >= 0.3 is 0 Å². The van der Waals surface area contributed by atoms with E-state index < -0.39 is 0 Å². The molecule has 0 radical (unpaired) electrons. The first-order valence-electron chi connectivity index (χ1n) is 5.18. The molecule has 0 fully saturated rings. The zero-order valence-corrected chi connectivity index (χ0v) is 11.4. The summed E-state index contributed by atoms with van der Waals surface area (Å²) >= 11 is 0. The van der Waals surface area contributed by atoms with Crippen LogP contribution in [0.5, 0.6) is 0 Å². The number of nitrogen functional groups attached to an aromatic ring is 2. The van der Waals surface area contributed by atoms with Gasteiger partial charge in [-0.1, -0.05) is 0 Å². The van der Waals surface area contributed by atoms with Crippen LogP contribution in [-0.2, 0) is 0 Å². The number of hydrogen-bond donors (Lipinski definition) is 8. The number of rotatable bonds is 1. The third-order valence-electron chi connectivity index (χ3n) is 2.58. The summed E-state index contributed by atoms with van der Waals surface area (Å²) in [5.74, 6) is 0.0500. The van der Waals surface area contributed by atoms with Gasteiger partial charge in [-0.05, 0) is 6.07 Å². The lowest BCUT2D eigenvalue weighted by Gasteiger charge is -2.13. The van der Waals surface area contributed by atoms with Gasteiger partial charge < -0.3 is 45.9 Å². The number of benzene rings is 1. The zero-order chi connectivity index (χ0) is 14.9. The summed E-state index contributed by atoms with van der Waals surface area (Å²) in [4.78, 5) is 0. The van der Waals surface area contributed by atoms with Gasteiger partial charge in [0.15, 0.2) is 0 Å². The van der Waals surface area contributed by atoms with Crippen molar-refractivity contribution in [3.63, 3.8) is 0 Å². The molecule has 9 heteroatoms. The van der Waals surface area contributed by atoms with E-state index in [1.165, 1.54) is 6.07 Å². The summed E-state index contributed by atoms with van der Waals surface area (Å²) < 4.78 is 0. The summed E-state index contributed by atoms with van der Waals surface area (Å²) in [5, 5.41) is 1.16. The average Bonchev–Trinajstić information content (AvgIpc) is 2.26. The molecule has 16 N–H and O–H groups in total. The molecule has 0 aromatic heterocycles. The highest BCUT2D eigenvalue weighted by molar-refractivity contribution is 7.31. The quantitative estimate of drug-likeness (QED) is 0.189. The Morgan fingerprint density at radius 1 is 0.895 bits per heavy atom. The van der Waals surface area contributed by atoms with E-state index in [0.717, 1.165) is 0 Å². The molecule has 19 heavy (non-hydrogen) atoms. The predicted molar refractivity (Wildman–Crippen MR) is 83.1 cm³/mol. The van der Waals surface area contributed by atoms with Crippen molar-refractivity contribution in [1.82, 2.24) is 0 Å². The van der Waals surface area contributed by atoms with E-state index in [9.17, 15) is 0 Å². The van der Waals surface area contributed by atoms with Crippen LogP contribution in [-0.4, -0.2) is 0 Å². The lowest BCUT2D eigenvalue weighted by molar-refractivity contribution is 1.26. The Hall–Kier alpha value is -2.47. The maximum absolute atomic E-state index is 6.02. The minimum absolute atomic E-state index is 0.0215. The predicted octanol–water partition coefficient (Wildman–Crippen LogP) is -3.76. The van der Waals surface area contributed by atoms with E-state index in [0.29, 0.717) is 21.3 Å². The Morgan fingerprint density at radius 3 is 1.79 bits per heavy atom. The Balaban J connectivity index is 4.13. The highest BCUT2D eigenvalue weighted by Crippen LogP contribution is 2.23. The molecule has 104 valence electrons. The van der Waals surface area contributed by atoms with Crippen molar-refractivity contribution in [2.45, 2.75) is 0 Å². The van der Waals surface area contributed by atoms with Crippen molar-refractivity contribution >= 4 is 37.6 Å². The van der Waals surface area contributed by atoms with Crippen LogP contribution in [0.15, 0.2) is 11.9 Å². The van der Waals surface area contributed by atoms with Crippen molar-refractivity contribution < 1.29 is 0 Å². The van der Waals surface area contributed by atoms with Gasteiger partial charge in [0.05, 0.1) is 10.9 Å². The van der Waals surface area contributed by atoms with Gasteiger partial charge in [0.25, 0.3) is 0 Å². The molecule has 1 unspecified atom stereocenters. The minimum Gasteiger partial charge on any atom is -0.398 e. The molecule has 0 heterocycles. The Labute approximate surface area is 112 Å². The molecular formula is C10H19N8P. The normalized spacial score (nSPS) is 9.95. The highest BCUT2D eigenvalue weighted by Gasteiger charge is 2.13. The Kier molecular flexibility index (Phi) is 3.86. The first kappa shape index (κ1) is 14.6. The molecule has 0 bridgehead atoms. The standard InChI is InChI=1S/C10H19N8P/c11-3-1-2(8(13)14)4(7(19)10(17)18)6(12)5(3)9(15)16/h1H,11-19H2. The second-order valence-corrected chi connectivity index (χ2v) is 4.53. The van der Waals surface area contributed by atoms with Gasteiger partial charge in [-0.3, -0.25) is 0 Å².